The molecule has 4 N–H and O–H groups in total. The summed E-state index contributed by atoms with van der Waals surface area (Å²) in [5, 5.41) is 24.0. The Hall–Kier alpha value is -3.56. The highest BCUT2D eigenvalue weighted by Gasteiger charge is 2.12. The van der Waals surface area contributed by atoms with Crippen LogP contribution in [0.3, 0.4) is 0 Å². The lowest BCUT2D eigenvalue weighted by atomic mass is 10.2. The van der Waals surface area contributed by atoms with Crippen molar-refractivity contribution < 1.29 is 20.0 Å². The summed E-state index contributed by atoms with van der Waals surface area (Å²) in [7, 11) is 0. The van der Waals surface area contributed by atoms with Gasteiger partial charge in [-0.2, -0.15) is 0 Å². The van der Waals surface area contributed by atoms with Crippen LogP contribution in [0.25, 0.3) is 0 Å². The maximum atomic E-state index is 11.9. The summed E-state index contributed by atoms with van der Waals surface area (Å²) < 4.78 is 0.535. The minimum Gasteiger partial charge on any atom is -0.425 e. The SMILES string of the molecule is O=C(NCCCCNC(=O)c1cccc(=O)n1O)c1cccc(=O)n1O. The summed E-state index contributed by atoms with van der Waals surface area (Å²) >= 11 is 0. The van der Waals surface area contributed by atoms with Crippen LogP contribution in [-0.4, -0.2) is 44.8 Å². The molecule has 0 bridgehead atoms. The molecule has 138 valence electrons. The first-order chi connectivity index (χ1) is 12.4. The molecule has 0 aliphatic carbocycles. The Kier molecular flexibility index (Phi) is 6.15. The second-order valence-electron chi connectivity index (χ2n) is 5.34. The van der Waals surface area contributed by atoms with E-state index in [-0.39, 0.29) is 33.9 Å². The van der Waals surface area contributed by atoms with Gasteiger partial charge in [0.25, 0.3) is 22.9 Å². The Morgan fingerprint density at radius 2 is 1.15 bits per heavy atom. The summed E-state index contributed by atoms with van der Waals surface area (Å²) in [4.78, 5) is 46.2. The lowest BCUT2D eigenvalue weighted by Crippen LogP contribution is -2.33. The van der Waals surface area contributed by atoms with Gasteiger partial charge < -0.3 is 21.0 Å². The monoisotopic (exact) mass is 362 g/mol. The average molecular weight is 362 g/mol. The fourth-order valence-corrected chi connectivity index (χ4v) is 2.14. The number of carbonyl (C=O) groups is 2. The molecule has 0 radical (unpaired) electrons. The molecule has 2 heterocycles. The van der Waals surface area contributed by atoms with Gasteiger partial charge in [-0.1, -0.05) is 12.1 Å². The molecule has 0 saturated carbocycles. The zero-order chi connectivity index (χ0) is 19.1. The maximum Gasteiger partial charge on any atom is 0.283 e. The molecule has 0 fully saturated rings. The van der Waals surface area contributed by atoms with Gasteiger partial charge in [-0.3, -0.25) is 19.2 Å². The third-order valence-corrected chi connectivity index (χ3v) is 3.50. The first-order valence-corrected chi connectivity index (χ1v) is 7.81. The lowest BCUT2D eigenvalue weighted by molar-refractivity contribution is 0.0876. The third kappa shape index (κ3) is 4.50. The van der Waals surface area contributed by atoms with E-state index in [1.807, 2.05) is 0 Å². The number of aromatic nitrogens is 2. The van der Waals surface area contributed by atoms with Gasteiger partial charge >= 0.3 is 0 Å². The minimum atomic E-state index is -0.705. The van der Waals surface area contributed by atoms with Crippen LogP contribution in [0.5, 0.6) is 0 Å². The molecule has 26 heavy (non-hydrogen) atoms. The van der Waals surface area contributed by atoms with E-state index in [9.17, 15) is 29.6 Å². The number of unbranched alkanes of at least 4 members (excludes halogenated alkanes) is 1. The molecule has 2 aromatic rings. The standard InChI is InChI=1S/C16H18N4O6/c21-13-7-3-5-11(19(13)25)15(23)17-9-1-2-10-18-16(24)12-6-4-8-14(22)20(12)26/h3-8,25-26H,1-2,9-10H2,(H,17,23)(H,18,24). The minimum absolute atomic E-state index is 0.171. The summed E-state index contributed by atoms with van der Waals surface area (Å²) in [6.45, 7) is 0.543. The molecule has 0 atom stereocenters. The van der Waals surface area contributed by atoms with E-state index in [1.165, 1.54) is 24.3 Å². The van der Waals surface area contributed by atoms with Gasteiger partial charge in [-0.05, 0) is 25.0 Å². The van der Waals surface area contributed by atoms with Crippen molar-refractivity contribution in [3.05, 3.63) is 68.5 Å². The third-order valence-electron chi connectivity index (χ3n) is 3.50. The summed E-state index contributed by atoms with van der Waals surface area (Å²) in [6.07, 6.45) is 1.05. The van der Waals surface area contributed by atoms with Crippen molar-refractivity contribution in [3.63, 3.8) is 0 Å². The van der Waals surface area contributed by atoms with Gasteiger partial charge in [0, 0.05) is 25.2 Å². The average Bonchev–Trinajstić information content (AvgIpc) is 2.62. The van der Waals surface area contributed by atoms with Crippen LogP contribution in [0, 0.1) is 0 Å². The van der Waals surface area contributed by atoms with Crippen molar-refractivity contribution in [2.75, 3.05) is 13.1 Å². The summed E-state index contributed by atoms with van der Waals surface area (Å²) in [5.74, 6) is -1.19. The number of nitrogens with zero attached hydrogens (tertiary/aromatic N) is 2. The number of rotatable bonds is 7. The van der Waals surface area contributed by atoms with Crippen LogP contribution in [-0.2, 0) is 0 Å². The molecule has 10 heteroatoms. The highest BCUT2D eigenvalue weighted by atomic mass is 16.5. The fourth-order valence-electron chi connectivity index (χ4n) is 2.14. The molecule has 2 aromatic heterocycles. The van der Waals surface area contributed by atoms with Crippen molar-refractivity contribution in [2.45, 2.75) is 12.8 Å². The quantitative estimate of drug-likeness (QED) is 0.383. The van der Waals surface area contributed by atoms with Crippen molar-refractivity contribution in [1.82, 2.24) is 20.1 Å². The molecule has 0 unspecified atom stereocenters. The summed E-state index contributed by atoms with van der Waals surface area (Å²) in [6, 6.07) is 7.60. The van der Waals surface area contributed by atoms with E-state index in [2.05, 4.69) is 10.6 Å². The van der Waals surface area contributed by atoms with Gasteiger partial charge in [0.15, 0.2) is 0 Å². The van der Waals surface area contributed by atoms with Crippen LogP contribution in [0.15, 0.2) is 46.0 Å². The molecule has 0 aliphatic heterocycles. The van der Waals surface area contributed by atoms with E-state index in [1.54, 1.807) is 0 Å². The van der Waals surface area contributed by atoms with Crippen molar-refractivity contribution >= 4 is 11.8 Å². The van der Waals surface area contributed by atoms with Gasteiger partial charge in [-0.15, -0.1) is 9.46 Å². The second kappa shape index (κ2) is 8.51. The van der Waals surface area contributed by atoms with Crippen LogP contribution < -0.4 is 21.8 Å². The van der Waals surface area contributed by atoms with E-state index in [4.69, 9.17) is 0 Å². The van der Waals surface area contributed by atoms with Crippen LogP contribution in [0.2, 0.25) is 0 Å². The van der Waals surface area contributed by atoms with Crippen molar-refractivity contribution in [2.24, 2.45) is 0 Å². The van der Waals surface area contributed by atoms with E-state index >= 15 is 0 Å². The fraction of sp³-hybridized carbons (Fsp3) is 0.250. The number of carbonyl (C=O) groups excluding carboxylic acids is 2. The van der Waals surface area contributed by atoms with E-state index < -0.39 is 22.9 Å². The number of hydrogen-bond acceptors (Lipinski definition) is 6. The molecule has 2 amide bonds. The zero-order valence-electron chi connectivity index (χ0n) is 13.7. The Morgan fingerprint density at radius 1 is 0.769 bits per heavy atom. The molecular weight excluding hydrogens is 344 g/mol. The Balaban J connectivity index is 1.72. The predicted molar refractivity (Wildman–Crippen MR) is 89.7 cm³/mol. The number of amides is 2. The highest BCUT2D eigenvalue weighted by Crippen LogP contribution is 1.96. The van der Waals surface area contributed by atoms with Gasteiger partial charge in [0.2, 0.25) is 0 Å². The number of pyridine rings is 2. The topological polar surface area (TPSA) is 143 Å². The summed E-state index contributed by atoms with van der Waals surface area (Å²) in [5.41, 5.74) is -1.75. The lowest BCUT2D eigenvalue weighted by Gasteiger charge is -2.09. The number of nitrogens with one attached hydrogen (secondary N) is 2. The molecule has 0 aliphatic rings. The predicted octanol–water partition coefficient (Wildman–Crippen LogP) is -0.575. The first kappa shape index (κ1) is 18.8. The van der Waals surface area contributed by atoms with E-state index in [0.29, 0.717) is 12.8 Å². The molecule has 0 spiro atoms. The van der Waals surface area contributed by atoms with E-state index in [0.717, 1.165) is 12.1 Å². The molecule has 0 saturated heterocycles. The molecular formula is C16H18N4O6. The van der Waals surface area contributed by atoms with Crippen LogP contribution >= 0.6 is 0 Å². The van der Waals surface area contributed by atoms with Gasteiger partial charge in [0.05, 0.1) is 0 Å². The Bertz CT molecular complexity index is 842. The maximum absolute atomic E-state index is 11.9. The Labute approximate surface area is 147 Å². The van der Waals surface area contributed by atoms with Gasteiger partial charge in [-0.25, -0.2) is 0 Å². The smallest absolute Gasteiger partial charge is 0.283 e. The second-order valence-corrected chi connectivity index (χ2v) is 5.34. The first-order valence-electron chi connectivity index (χ1n) is 7.81. The van der Waals surface area contributed by atoms with Gasteiger partial charge in [0.1, 0.15) is 11.4 Å². The van der Waals surface area contributed by atoms with Crippen LogP contribution in [0.4, 0.5) is 0 Å². The normalized spacial score (nSPS) is 10.3. The van der Waals surface area contributed by atoms with Crippen LogP contribution in [0.1, 0.15) is 33.8 Å². The largest absolute Gasteiger partial charge is 0.425 e. The Morgan fingerprint density at radius 3 is 1.54 bits per heavy atom. The molecule has 2 rings (SSSR count). The molecule has 10 nitrogen and oxygen atoms in total. The molecule has 0 aromatic carbocycles. The highest BCUT2D eigenvalue weighted by molar-refractivity contribution is 5.92. The number of hydrogen-bond donors (Lipinski definition) is 4. The zero-order valence-corrected chi connectivity index (χ0v) is 13.7. The van der Waals surface area contributed by atoms with Crippen molar-refractivity contribution in [1.29, 1.82) is 0 Å². The van der Waals surface area contributed by atoms with Crippen molar-refractivity contribution in [3.8, 4) is 0 Å².